The van der Waals surface area contributed by atoms with Crippen molar-refractivity contribution < 1.29 is 0 Å². The van der Waals surface area contributed by atoms with Crippen molar-refractivity contribution in [3.63, 3.8) is 0 Å². The van der Waals surface area contributed by atoms with Crippen molar-refractivity contribution in [1.82, 2.24) is 9.80 Å². The average Bonchev–Trinajstić information content (AvgIpc) is 2.38. The molecule has 2 rings (SSSR count). The molecule has 0 N–H and O–H groups in total. The Labute approximate surface area is 112 Å². The molecule has 2 heteroatoms. The maximum atomic E-state index is 2.55. The predicted molar refractivity (Wildman–Crippen MR) is 77.7 cm³/mol. The van der Waals surface area contributed by atoms with E-state index >= 15 is 0 Å². The van der Waals surface area contributed by atoms with Gasteiger partial charge in [0.05, 0.1) is 6.67 Å². The topological polar surface area (TPSA) is 6.48 Å². The van der Waals surface area contributed by atoms with E-state index in [4.69, 9.17) is 0 Å². The Balaban J connectivity index is 2.07. The molecule has 1 aromatic rings. The van der Waals surface area contributed by atoms with Crippen LogP contribution in [0.25, 0.3) is 0 Å². The van der Waals surface area contributed by atoms with Crippen molar-refractivity contribution in [2.24, 2.45) is 0 Å². The molecule has 0 saturated carbocycles. The van der Waals surface area contributed by atoms with Crippen LogP contribution in [0.5, 0.6) is 0 Å². The van der Waals surface area contributed by atoms with Gasteiger partial charge in [-0.15, -0.1) is 0 Å². The zero-order valence-corrected chi connectivity index (χ0v) is 12.1. The lowest BCUT2D eigenvalue weighted by molar-refractivity contribution is 0.101. The summed E-state index contributed by atoms with van der Waals surface area (Å²) in [6, 6.07) is 7.12. The molecule has 0 bridgehead atoms. The third kappa shape index (κ3) is 3.56. The fraction of sp³-hybridized carbons (Fsp3) is 0.625. The van der Waals surface area contributed by atoms with Crippen LogP contribution in [0.1, 0.15) is 37.0 Å². The van der Waals surface area contributed by atoms with Crippen LogP contribution in [-0.4, -0.2) is 36.6 Å². The van der Waals surface area contributed by atoms with Gasteiger partial charge >= 0.3 is 0 Å². The van der Waals surface area contributed by atoms with Crippen molar-refractivity contribution >= 4 is 0 Å². The molecular weight excluding hydrogens is 220 g/mol. The zero-order valence-electron chi connectivity index (χ0n) is 12.1. The van der Waals surface area contributed by atoms with Crippen LogP contribution in [0.2, 0.25) is 0 Å². The third-order valence-corrected chi connectivity index (χ3v) is 3.79. The van der Waals surface area contributed by atoms with Gasteiger partial charge in [-0.25, -0.2) is 0 Å². The van der Waals surface area contributed by atoms with E-state index in [9.17, 15) is 0 Å². The van der Waals surface area contributed by atoms with Gasteiger partial charge in [0.2, 0.25) is 0 Å². The summed E-state index contributed by atoms with van der Waals surface area (Å²) in [5.41, 5.74) is 4.45. The largest absolute Gasteiger partial charge is 0.293 e. The molecule has 0 aliphatic carbocycles. The van der Waals surface area contributed by atoms with Gasteiger partial charge in [-0.1, -0.05) is 32.0 Å². The molecule has 0 atom stereocenters. The van der Waals surface area contributed by atoms with Gasteiger partial charge < -0.3 is 0 Å². The van der Waals surface area contributed by atoms with E-state index in [-0.39, 0.29) is 0 Å². The van der Waals surface area contributed by atoms with Crippen LogP contribution in [-0.2, 0) is 19.4 Å². The van der Waals surface area contributed by atoms with Gasteiger partial charge in [0.15, 0.2) is 0 Å². The Morgan fingerprint density at radius 3 is 2.11 bits per heavy atom. The highest BCUT2D eigenvalue weighted by molar-refractivity contribution is 5.30. The Kier molecular flexibility index (Phi) is 4.79. The Hall–Kier alpha value is -0.860. The Morgan fingerprint density at radius 1 is 0.944 bits per heavy atom. The summed E-state index contributed by atoms with van der Waals surface area (Å²) >= 11 is 0. The summed E-state index contributed by atoms with van der Waals surface area (Å²) in [4.78, 5) is 4.96. The molecule has 0 aromatic heterocycles. The van der Waals surface area contributed by atoms with Crippen LogP contribution in [0.4, 0.5) is 0 Å². The minimum Gasteiger partial charge on any atom is -0.293 e. The summed E-state index contributed by atoms with van der Waals surface area (Å²) in [7, 11) is 2.21. The molecule has 0 amide bonds. The van der Waals surface area contributed by atoms with E-state index in [0.717, 1.165) is 26.1 Å². The molecule has 1 aliphatic rings. The lowest BCUT2D eigenvalue weighted by Crippen LogP contribution is -2.42. The van der Waals surface area contributed by atoms with Crippen LogP contribution in [0.15, 0.2) is 18.2 Å². The zero-order chi connectivity index (χ0) is 13.0. The lowest BCUT2D eigenvalue weighted by atomic mass is 10.0. The third-order valence-electron chi connectivity index (χ3n) is 3.79. The SMILES string of the molecule is CCc1cc(CC)cc(CN2CCCN(C)C2)c1. The molecule has 1 aliphatic heterocycles. The molecule has 2 nitrogen and oxygen atoms in total. The molecule has 1 heterocycles. The van der Waals surface area contributed by atoms with Gasteiger partial charge in [0, 0.05) is 19.6 Å². The predicted octanol–water partition coefficient (Wildman–Crippen LogP) is 2.91. The maximum absolute atomic E-state index is 2.55. The van der Waals surface area contributed by atoms with E-state index < -0.39 is 0 Å². The monoisotopic (exact) mass is 246 g/mol. The summed E-state index contributed by atoms with van der Waals surface area (Å²) in [5, 5.41) is 0. The van der Waals surface area contributed by atoms with Crippen LogP contribution in [0, 0.1) is 0 Å². The van der Waals surface area contributed by atoms with Crippen LogP contribution < -0.4 is 0 Å². The average molecular weight is 246 g/mol. The van der Waals surface area contributed by atoms with Gasteiger partial charge in [-0.05, 0) is 43.0 Å². The molecule has 18 heavy (non-hydrogen) atoms. The number of hydrogen-bond donors (Lipinski definition) is 0. The summed E-state index contributed by atoms with van der Waals surface area (Å²) in [6.45, 7) is 9.18. The maximum Gasteiger partial charge on any atom is 0.0506 e. The standard InChI is InChI=1S/C16H26N2/c1-4-14-9-15(5-2)11-16(10-14)12-18-8-6-7-17(3)13-18/h9-11H,4-8,12-13H2,1-3H3. The van der Waals surface area contributed by atoms with Crippen LogP contribution >= 0.6 is 0 Å². The molecule has 0 radical (unpaired) electrons. The second-order valence-electron chi connectivity index (χ2n) is 5.49. The van der Waals surface area contributed by atoms with Gasteiger partial charge in [-0.2, -0.15) is 0 Å². The van der Waals surface area contributed by atoms with E-state index in [0.29, 0.717) is 0 Å². The first kappa shape index (κ1) is 13.6. The number of nitrogens with zero attached hydrogens (tertiary/aromatic N) is 2. The first-order valence-corrected chi connectivity index (χ1v) is 7.24. The minimum absolute atomic E-state index is 1.10. The summed E-state index contributed by atoms with van der Waals surface area (Å²) in [6.07, 6.45) is 3.58. The molecule has 1 saturated heterocycles. The number of rotatable bonds is 4. The normalized spacial score (nSPS) is 18.2. The van der Waals surface area contributed by atoms with E-state index in [1.54, 1.807) is 0 Å². The molecule has 0 unspecified atom stereocenters. The molecule has 1 fully saturated rings. The number of aryl methyl sites for hydroxylation is 2. The van der Waals surface area contributed by atoms with Crippen molar-refractivity contribution in [2.45, 2.75) is 39.7 Å². The fourth-order valence-electron chi connectivity index (χ4n) is 2.77. The Morgan fingerprint density at radius 2 is 1.56 bits per heavy atom. The Bertz CT molecular complexity index is 364. The highest BCUT2D eigenvalue weighted by Gasteiger charge is 2.14. The van der Waals surface area contributed by atoms with E-state index in [2.05, 4.69) is 48.9 Å². The van der Waals surface area contributed by atoms with Gasteiger partial charge in [-0.3, -0.25) is 9.80 Å². The fourth-order valence-corrected chi connectivity index (χ4v) is 2.77. The van der Waals surface area contributed by atoms with Gasteiger partial charge in [0.25, 0.3) is 0 Å². The summed E-state index contributed by atoms with van der Waals surface area (Å²) in [5.74, 6) is 0. The minimum atomic E-state index is 1.10. The van der Waals surface area contributed by atoms with E-state index in [1.165, 1.54) is 36.2 Å². The van der Waals surface area contributed by atoms with Crippen molar-refractivity contribution in [1.29, 1.82) is 0 Å². The second kappa shape index (κ2) is 6.35. The highest BCUT2D eigenvalue weighted by Crippen LogP contribution is 2.15. The van der Waals surface area contributed by atoms with Crippen LogP contribution in [0.3, 0.4) is 0 Å². The number of benzene rings is 1. The lowest BCUT2D eigenvalue weighted by Gasteiger charge is -2.33. The highest BCUT2D eigenvalue weighted by atomic mass is 15.3. The smallest absolute Gasteiger partial charge is 0.0506 e. The molecule has 100 valence electrons. The van der Waals surface area contributed by atoms with Gasteiger partial charge in [0.1, 0.15) is 0 Å². The second-order valence-corrected chi connectivity index (χ2v) is 5.49. The first-order valence-electron chi connectivity index (χ1n) is 7.24. The van der Waals surface area contributed by atoms with Crippen molar-refractivity contribution in [2.75, 3.05) is 26.8 Å². The number of hydrogen-bond acceptors (Lipinski definition) is 2. The molecular formula is C16H26N2. The molecule has 1 aromatic carbocycles. The first-order chi connectivity index (χ1) is 8.71. The quantitative estimate of drug-likeness (QED) is 0.806. The summed E-state index contributed by atoms with van der Waals surface area (Å²) < 4.78 is 0. The van der Waals surface area contributed by atoms with Crippen molar-refractivity contribution in [3.05, 3.63) is 34.9 Å². The molecule has 0 spiro atoms. The van der Waals surface area contributed by atoms with E-state index in [1.807, 2.05) is 0 Å². The van der Waals surface area contributed by atoms with Crippen molar-refractivity contribution in [3.8, 4) is 0 Å².